The van der Waals surface area contributed by atoms with Gasteiger partial charge in [0.1, 0.15) is 11.6 Å². The van der Waals surface area contributed by atoms with E-state index in [4.69, 9.17) is 4.74 Å². The Kier molecular flexibility index (Phi) is 7.01. The van der Waals surface area contributed by atoms with Gasteiger partial charge in [-0.15, -0.1) is 0 Å². The van der Waals surface area contributed by atoms with Gasteiger partial charge in [0.05, 0.1) is 7.11 Å². The molecule has 2 aromatic rings. The Morgan fingerprint density at radius 1 is 1.16 bits per heavy atom. The van der Waals surface area contributed by atoms with Crippen LogP contribution in [0.5, 0.6) is 5.75 Å². The van der Waals surface area contributed by atoms with Crippen molar-refractivity contribution in [1.29, 1.82) is 0 Å². The molecule has 0 saturated heterocycles. The molecule has 1 atom stereocenters. The van der Waals surface area contributed by atoms with Gasteiger partial charge in [-0.05, 0) is 63.0 Å². The Bertz CT molecular complexity index is 690. The zero-order valence-corrected chi connectivity index (χ0v) is 15.8. The van der Waals surface area contributed by atoms with E-state index in [0.717, 1.165) is 42.3 Å². The lowest BCUT2D eigenvalue weighted by Crippen LogP contribution is -2.09. The Morgan fingerprint density at radius 2 is 1.96 bits per heavy atom. The third-order valence-electron chi connectivity index (χ3n) is 4.19. The van der Waals surface area contributed by atoms with Crippen LogP contribution < -0.4 is 20.7 Å². The minimum absolute atomic E-state index is 0.413. The minimum Gasteiger partial charge on any atom is -0.496 e. The quantitative estimate of drug-likeness (QED) is 0.603. The van der Waals surface area contributed by atoms with E-state index in [0.29, 0.717) is 11.9 Å². The number of aromatic nitrogens is 2. The summed E-state index contributed by atoms with van der Waals surface area (Å²) in [5.74, 6) is 2.72. The summed E-state index contributed by atoms with van der Waals surface area (Å²) >= 11 is 0. The maximum absolute atomic E-state index is 5.55. The lowest BCUT2D eigenvalue weighted by Gasteiger charge is -2.17. The third kappa shape index (κ3) is 5.32. The number of methoxy groups -OCH3 is 1. The first-order valence-electron chi connectivity index (χ1n) is 8.70. The summed E-state index contributed by atoms with van der Waals surface area (Å²) in [7, 11) is 5.55. The molecule has 0 bridgehead atoms. The number of rotatable bonds is 9. The number of hydrogen-bond acceptors (Lipinski definition) is 6. The van der Waals surface area contributed by atoms with E-state index in [1.165, 1.54) is 5.56 Å². The van der Waals surface area contributed by atoms with Crippen LogP contribution in [0.25, 0.3) is 0 Å². The molecule has 2 rings (SSSR count). The number of hydrogen-bond donors (Lipinski definition) is 3. The van der Waals surface area contributed by atoms with E-state index in [1.807, 2.05) is 39.2 Å². The zero-order chi connectivity index (χ0) is 18.2. The Hall–Kier alpha value is -2.34. The average molecular weight is 343 g/mol. The van der Waals surface area contributed by atoms with Crippen molar-refractivity contribution in [3.8, 4) is 5.75 Å². The van der Waals surface area contributed by atoms with Gasteiger partial charge in [0.15, 0.2) is 0 Å². The van der Waals surface area contributed by atoms with Crippen molar-refractivity contribution in [2.24, 2.45) is 0 Å². The molecular weight excluding hydrogens is 314 g/mol. The monoisotopic (exact) mass is 343 g/mol. The second kappa shape index (κ2) is 9.22. The molecule has 0 aliphatic rings. The molecule has 3 N–H and O–H groups in total. The van der Waals surface area contributed by atoms with Crippen molar-refractivity contribution in [2.75, 3.05) is 38.4 Å². The summed E-state index contributed by atoms with van der Waals surface area (Å²) < 4.78 is 5.55. The number of aryl methyl sites for hydroxylation is 1. The van der Waals surface area contributed by atoms with Crippen LogP contribution in [0, 0.1) is 6.92 Å². The normalized spacial score (nSPS) is 11.9. The number of nitrogens with zero attached hydrogens (tertiary/aromatic N) is 2. The largest absolute Gasteiger partial charge is 0.496 e. The number of ether oxygens (including phenoxy) is 1. The van der Waals surface area contributed by atoms with Crippen LogP contribution in [0.3, 0.4) is 0 Å². The fourth-order valence-corrected chi connectivity index (χ4v) is 2.82. The van der Waals surface area contributed by atoms with Crippen molar-refractivity contribution in [3.63, 3.8) is 0 Å². The summed E-state index contributed by atoms with van der Waals surface area (Å²) in [5, 5.41) is 9.55. The number of benzene rings is 1. The van der Waals surface area contributed by atoms with Gasteiger partial charge in [-0.25, -0.2) is 4.98 Å². The molecule has 136 valence electrons. The smallest absolute Gasteiger partial charge is 0.229 e. The highest BCUT2D eigenvalue weighted by molar-refractivity contribution is 5.59. The summed E-state index contributed by atoms with van der Waals surface area (Å²) in [6.07, 6.45) is 2.23. The average Bonchev–Trinajstić information content (AvgIpc) is 2.61. The molecule has 0 aliphatic heterocycles. The van der Waals surface area contributed by atoms with Crippen molar-refractivity contribution >= 4 is 17.5 Å². The Balaban J connectivity index is 2.21. The molecule has 1 aromatic heterocycles. The lowest BCUT2D eigenvalue weighted by atomic mass is 9.94. The first kappa shape index (κ1) is 19.0. The summed E-state index contributed by atoms with van der Waals surface area (Å²) in [6.45, 7) is 5.21. The molecule has 6 heteroatoms. The van der Waals surface area contributed by atoms with E-state index < -0.39 is 0 Å². The van der Waals surface area contributed by atoms with Crippen LogP contribution in [-0.2, 0) is 0 Å². The summed E-state index contributed by atoms with van der Waals surface area (Å²) in [4.78, 5) is 8.91. The van der Waals surface area contributed by atoms with Crippen molar-refractivity contribution in [2.45, 2.75) is 32.6 Å². The van der Waals surface area contributed by atoms with Crippen LogP contribution in [0.15, 0.2) is 24.3 Å². The summed E-state index contributed by atoms with van der Waals surface area (Å²) in [6, 6.07) is 8.04. The van der Waals surface area contributed by atoms with E-state index in [-0.39, 0.29) is 0 Å². The van der Waals surface area contributed by atoms with Crippen molar-refractivity contribution in [3.05, 3.63) is 35.5 Å². The Labute approximate surface area is 150 Å². The molecule has 0 fully saturated rings. The molecular formula is C19H29N5O. The predicted octanol–water partition coefficient (Wildman–Crippen LogP) is 3.68. The fourth-order valence-electron chi connectivity index (χ4n) is 2.82. The van der Waals surface area contributed by atoms with Crippen LogP contribution in [-0.4, -0.2) is 37.7 Å². The van der Waals surface area contributed by atoms with Gasteiger partial charge in [-0.1, -0.05) is 6.92 Å². The molecule has 25 heavy (non-hydrogen) atoms. The first-order valence-corrected chi connectivity index (χ1v) is 8.70. The van der Waals surface area contributed by atoms with E-state index >= 15 is 0 Å². The van der Waals surface area contributed by atoms with E-state index in [2.05, 4.69) is 38.9 Å². The number of nitrogens with one attached hydrogen (secondary N) is 3. The SMILES string of the molecule is CNCCCC(C)c1cc(Nc2nc(C)cc(NC)n2)ccc1OC. The molecule has 0 saturated carbocycles. The van der Waals surface area contributed by atoms with Crippen molar-refractivity contribution < 1.29 is 4.74 Å². The molecule has 1 heterocycles. The number of anilines is 3. The fraction of sp³-hybridized carbons (Fsp3) is 0.474. The Morgan fingerprint density at radius 3 is 2.64 bits per heavy atom. The predicted molar refractivity (Wildman–Crippen MR) is 104 cm³/mol. The molecule has 0 radical (unpaired) electrons. The van der Waals surface area contributed by atoms with Crippen LogP contribution in [0.1, 0.15) is 36.9 Å². The van der Waals surface area contributed by atoms with Gasteiger partial charge in [0.25, 0.3) is 0 Å². The minimum atomic E-state index is 0.413. The maximum Gasteiger partial charge on any atom is 0.229 e. The zero-order valence-electron chi connectivity index (χ0n) is 15.8. The molecule has 6 nitrogen and oxygen atoms in total. The standard InChI is InChI=1S/C19H29N5O/c1-13(7-6-10-20-3)16-12-15(8-9-17(16)25-5)23-19-22-14(2)11-18(21-4)24-19/h8-9,11-13,20H,6-7,10H2,1-5H3,(H2,21,22,23,24). The molecule has 0 amide bonds. The van der Waals surface area contributed by atoms with Crippen molar-refractivity contribution in [1.82, 2.24) is 15.3 Å². The third-order valence-corrected chi connectivity index (χ3v) is 4.19. The van der Waals surface area contributed by atoms with Crippen LogP contribution >= 0.6 is 0 Å². The van der Waals surface area contributed by atoms with Gasteiger partial charge in [0, 0.05) is 24.5 Å². The van der Waals surface area contributed by atoms with Gasteiger partial charge in [0.2, 0.25) is 5.95 Å². The molecule has 0 spiro atoms. The van der Waals surface area contributed by atoms with E-state index in [9.17, 15) is 0 Å². The maximum atomic E-state index is 5.55. The first-order chi connectivity index (χ1) is 12.1. The van der Waals surface area contributed by atoms with Gasteiger partial charge in [-0.2, -0.15) is 4.98 Å². The molecule has 1 aromatic carbocycles. The topological polar surface area (TPSA) is 71.1 Å². The second-order valence-electron chi connectivity index (χ2n) is 6.20. The molecule has 0 aliphatic carbocycles. The highest BCUT2D eigenvalue weighted by atomic mass is 16.5. The van der Waals surface area contributed by atoms with Crippen LogP contribution in [0.4, 0.5) is 17.5 Å². The second-order valence-corrected chi connectivity index (χ2v) is 6.20. The van der Waals surface area contributed by atoms with Gasteiger partial charge >= 0.3 is 0 Å². The van der Waals surface area contributed by atoms with Crippen LogP contribution in [0.2, 0.25) is 0 Å². The highest BCUT2D eigenvalue weighted by Crippen LogP contribution is 2.32. The van der Waals surface area contributed by atoms with Gasteiger partial charge < -0.3 is 20.7 Å². The highest BCUT2D eigenvalue weighted by Gasteiger charge is 2.13. The molecule has 1 unspecified atom stereocenters. The van der Waals surface area contributed by atoms with E-state index in [1.54, 1.807) is 7.11 Å². The lowest BCUT2D eigenvalue weighted by molar-refractivity contribution is 0.404. The van der Waals surface area contributed by atoms with Gasteiger partial charge in [-0.3, -0.25) is 0 Å². The summed E-state index contributed by atoms with van der Waals surface area (Å²) in [5.41, 5.74) is 3.07.